The molecule has 1 N–H and O–H groups in total. The topological polar surface area (TPSA) is 63.6 Å². The Kier molecular flexibility index (Phi) is 7.03. The van der Waals surface area contributed by atoms with Crippen LogP contribution >= 0.6 is 0 Å². The van der Waals surface area contributed by atoms with Gasteiger partial charge in [-0.15, -0.1) is 0 Å². The van der Waals surface area contributed by atoms with Gasteiger partial charge < -0.3 is 19.5 Å². The number of rotatable bonds is 8. The molecule has 156 valence electrons. The number of para-hydroxylation sites is 1. The molecular formula is C24H27N3O3. The van der Waals surface area contributed by atoms with Gasteiger partial charge in [-0.3, -0.25) is 9.59 Å². The van der Waals surface area contributed by atoms with Gasteiger partial charge >= 0.3 is 0 Å². The average Bonchev–Trinajstić information content (AvgIpc) is 2.75. The predicted molar refractivity (Wildman–Crippen MR) is 121 cm³/mol. The van der Waals surface area contributed by atoms with E-state index in [1.807, 2.05) is 68.4 Å². The Morgan fingerprint density at radius 2 is 1.67 bits per heavy atom. The molecule has 0 radical (unpaired) electrons. The van der Waals surface area contributed by atoms with Crippen molar-refractivity contribution in [1.82, 2.24) is 4.57 Å². The zero-order chi connectivity index (χ0) is 21.5. The molecule has 0 unspecified atom stereocenters. The van der Waals surface area contributed by atoms with Gasteiger partial charge in [0, 0.05) is 49.0 Å². The highest BCUT2D eigenvalue weighted by molar-refractivity contribution is 6.06. The number of anilines is 3. The van der Waals surface area contributed by atoms with Gasteiger partial charge in [0.15, 0.2) is 0 Å². The summed E-state index contributed by atoms with van der Waals surface area (Å²) in [4.78, 5) is 27.0. The maximum absolute atomic E-state index is 13.3. The molecule has 3 rings (SSSR count). The number of nitrogens with zero attached hydrogens (tertiary/aromatic N) is 2. The van der Waals surface area contributed by atoms with E-state index in [0.29, 0.717) is 18.7 Å². The standard InChI is InChI=1S/C24H27N3O3/c1-18(2)27(24(29)19-9-14-23(28)26(17-19)15-16-30-3)22-12-10-21(11-13-22)25-20-7-5-4-6-8-20/h4-14,17-18,25H,15-16H2,1-3H3. The van der Waals surface area contributed by atoms with Gasteiger partial charge in [0.05, 0.1) is 12.2 Å². The normalized spacial score (nSPS) is 10.8. The van der Waals surface area contributed by atoms with E-state index in [-0.39, 0.29) is 17.5 Å². The molecule has 1 aromatic heterocycles. The molecule has 0 aliphatic carbocycles. The number of nitrogens with one attached hydrogen (secondary N) is 1. The van der Waals surface area contributed by atoms with E-state index in [2.05, 4.69) is 5.32 Å². The van der Waals surface area contributed by atoms with E-state index in [1.54, 1.807) is 24.3 Å². The zero-order valence-corrected chi connectivity index (χ0v) is 17.5. The SMILES string of the molecule is COCCn1cc(C(=O)N(c2ccc(Nc3ccccc3)cc2)C(C)C)ccc1=O. The molecule has 0 atom stereocenters. The van der Waals surface area contributed by atoms with Crippen LogP contribution in [0.4, 0.5) is 17.1 Å². The Bertz CT molecular complexity index is 1030. The van der Waals surface area contributed by atoms with Gasteiger partial charge in [0.2, 0.25) is 0 Å². The van der Waals surface area contributed by atoms with Crippen molar-refractivity contribution in [2.24, 2.45) is 0 Å². The summed E-state index contributed by atoms with van der Waals surface area (Å²) in [6, 6.07) is 20.6. The van der Waals surface area contributed by atoms with E-state index < -0.39 is 0 Å². The first-order valence-corrected chi connectivity index (χ1v) is 9.94. The van der Waals surface area contributed by atoms with Gasteiger partial charge in [-0.25, -0.2) is 0 Å². The lowest BCUT2D eigenvalue weighted by atomic mass is 10.1. The summed E-state index contributed by atoms with van der Waals surface area (Å²) in [6.45, 7) is 4.74. The number of carbonyl (C=O) groups is 1. The lowest BCUT2D eigenvalue weighted by Gasteiger charge is -2.27. The van der Waals surface area contributed by atoms with E-state index in [9.17, 15) is 9.59 Å². The minimum atomic E-state index is -0.156. The van der Waals surface area contributed by atoms with Crippen molar-refractivity contribution in [1.29, 1.82) is 0 Å². The Hall–Kier alpha value is -3.38. The van der Waals surface area contributed by atoms with Crippen LogP contribution in [0.1, 0.15) is 24.2 Å². The molecule has 0 aliphatic heterocycles. The smallest absolute Gasteiger partial charge is 0.259 e. The van der Waals surface area contributed by atoms with Crippen LogP contribution in [0.2, 0.25) is 0 Å². The number of benzene rings is 2. The van der Waals surface area contributed by atoms with Crippen molar-refractivity contribution in [2.45, 2.75) is 26.4 Å². The van der Waals surface area contributed by atoms with Crippen LogP contribution < -0.4 is 15.8 Å². The maximum atomic E-state index is 13.3. The molecule has 3 aromatic rings. The molecule has 6 nitrogen and oxygen atoms in total. The molecule has 1 heterocycles. The largest absolute Gasteiger partial charge is 0.383 e. The molecule has 0 bridgehead atoms. The fraction of sp³-hybridized carbons (Fsp3) is 0.250. The highest BCUT2D eigenvalue weighted by Crippen LogP contribution is 2.24. The van der Waals surface area contributed by atoms with Crippen molar-refractivity contribution in [2.75, 3.05) is 23.9 Å². The molecule has 0 spiro atoms. The minimum Gasteiger partial charge on any atom is -0.383 e. The van der Waals surface area contributed by atoms with Gasteiger partial charge in [0.25, 0.3) is 11.5 Å². The third-order valence-corrected chi connectivity index (χ3v) is 4.71. The van der Waals surface area contributed by atoms with Crippen LogP contribution in [0.15, 0.2) is 77.7 Å². The number of carbonyl (C=O) groups excluding carboxylic acids is 1. The molecule has 2 aromatic carbocycles. The quantitative estimate of drug-likeness (QED) is 0.607. The number of aromatic nitrogens is 1. The Labute approximate surface area is 176 Å². The van der Waals surface area contributed by atoms with E-state index >= 15 is 0 Å². The Balaban J connectivity index is 1.83. The van der Waals surface area contributed by atoms with E-state index in [1.165, 1.54) is 10.6 Å². The number of amides is 1. The number of methoxy groups -OCH3 is 1. The summed E-state index contributed by atoms with van der Waals surface area (Å²) < 4.78 is 6.55. The third-order valence-electron chi connectivity index (χ3n) is 4.71. The third kappa shape index (κ3) is 5.15. The molecule has 0 saturated heterocycles. The van der Waals surface area contributed by atoms with Gasteiger partial charge in [-0.05, 0) is 56.3 Å². The molecule has 1 amide bonds. The molecule has 30 heavy (non-hydrogen) atoms. The van der Waals surface area contributed by atoms with Crippen molar-refractivity contribution in [3.63, 3.8) is 0 Å². The van der Waals surface area contributed by atoms with Crippen molar-refractivity contribution in [3.8, 4) is 0 Å². The van der Waals surface area contributed by atoms with Gasteiger partial charge in [-0.2, -0.15) is 0 Å². The summed E-state index contributed by atoms with van der Waals surface area (Å²) in [5, 5.41) is 3.34. The summed E-state index contributed by atoms with van der Waals surface area (Å²) in [5.41, 5.74) is 3.04. The molecule has 0 saturated carbocycles. The van der Waals surface area contributed by atoms with E-state index in [4.69, 9.17) is 4.74 Å². The summed E-state index contributed by atoms with van der Waals surface area (Å²) in [5.74, 6) is -0.153. The molecule has 0 fully saturated rings. The summed E-state index contributed by atoms with van der Waals surface area (Å²) in [6.07, 6.45) is 1.60. The second-order valence-electron chi connectivity index (χ2n) is 7.25. The van der Waals surface area contributed by atoms with Crippen LogP contribution in [0.25, 0.3) is 0 Å². The van der Waals surface area contributed by atoms with Gasteiger partial charge in [0.1, 0.15) is 0 Å². The Morgan fingerprint density at radius 3 is 2.30 bits per heavy atom. The first kappa shape index (κ1) is 21.3. The Morgan fingerprint density at radius 1 is 1.00 bits per heavy atom. The molecular weight excluding hydrogens is 378 g/mol. The van der Waals surface area contributed by atoms with Crippen molar-refractivity contribution < 1.29 is 9.53 Å². The number of pyridine rings is 1. The van der Waals surface area contributed by atoms with Crippen LogP contribution in [0.5, 0.6) is 0 Å². The number of ether oxygens (including phenoxy) is 1. The molecule has 0 aliphatic rings. The number of hydrogen-bond acceptors (Lipinski definition) is 4. The highest BCUT2D eigenvalue weighted by atomic mass is 16.5. The minimum absolute atomic E-state index is 0.0511. The summed E-state index contributed by atoms with van der Waals surface area (Å²) in [7, 11) is 1.58. The second kappa shape index (κ2) is 9.89. The second-order valence-corrected chi connectivity index (χ2v) is 7.25. The fourth-order valence-electron chi connectivity index (χ4n) is 3.20. The van der Waals surface area contributed by atoms with Crippen LogP contribution in [0, 0.1) is 0 Å². The first-order chi connectivity index (χ1) is 14.5. The van der Waals surface area contributed by atoms with Crippen molar-refractivity contribution in [3.05, 3.63) is 88.8 Å². The monoisotopic (exact) mass is 405 g/mol. The van der Waals surface area contributed by atoms with E-state index in [0.717, 1.165) is 17.1 Å². The predicted octanol–water partition coefficient (Wildman–Crippen LogP) is 4.29. The summed E-state index contributed by atoms with van der Waals surface area (Å²) >= 11 is 0. The highest BCUT2D eigenvalue weighted by Gasteiger charge is 2.21. The average molecular weight is 405 g/mol. The van der Waals surface area contributed by atoms with Gasteiger partial charge in [-0.1, -0.05) is 18.2 Å². The van der Waals surface area contributed by atoms with Crippen LogP contribution in [0.3, 0.4) is 0 Å². The van der Waals surface area contributed by atoms with Crippen LogP contribution in [-0.4, -0.2) is 30.2 Å². The fourth-order valence-corrected chi connectivity index (χ4v) is 3.20. The molecule has 6 heteroatoms. The van der Waals surface area contributed by atoms with Crippen LogP contribution in [-0.2, 0) is 11.3 Å². The maximum Gasteiger partial charge on any atom is 0.259 e. The lowest BCUT2D eigenvalue weighted by Crippen LogP contribution is -2.37. The van der Waals surface area contributed by atoms with Crippen molar-refractivity contribution >= 4 is 23.0 Å². The number of hydrogen-bond donors (Lipinski definition) is 1. The first-order valence-electron chi connectivity index (χ1n) is 9.94. The lowest BCUT2D eigenvalue weighted by molar-refractivity contribution is 0.0979. The zero-order valence-electron chi connectivity index (χ0n) is 17.5.